The molecule has 1 saturated carbocycles. The molecule has 1 heterocycles. The Balaban J connectivity index is 1.52. The van der Waals surface area contributed by atoms with Crippen molar-refractivity contribution in [2.24, 2.45) is 17.6 Å². The number of nitrogens with two attached hydrogens (primary N) is 1. The van der Waals surface area contributed by atoms with Crippen molar-refractivity contribution in [1.29, 1.82) is 0 Å². The molecule has 2 fully saturated rings. The molecule has 6 heteroatoms. The lowest BCUT2D eigenvalue weighted by atomic mass is 9.77. The largest absolute Gasteiger partial charge is 0.445 e. The van der Waals surface area contributed by atoms with E-state index in [1.807, 2.05) is 30.3 Å². The van der Waals surface area contributed by atoms with Crippen LogP contribution in [0.1, 0.15) is 37.7 Å². The van der Waals surface area contributed by atoms with Gasteiger partial charge < -0.3 is 10.5 Å². The van der Waals surface area contributed by atoms with E-state index in [-0.39, 0.29) is 31.3 Å². The Hall–Kier alpha value is -1.69. The maximum absolute atomic E-state index is 13.3. The molecule has 0 bridgehead atoms. The number of benzene rings is 1. The summed E-state index contributed by atoms with van der Waals surface area (Å²) in [7, 11) is 0. The smallest absolute Gasteiger partial charge is 0.411 e. The number of carbonyl (C=O) groups is 1. The topological polar surface area (TPSA) is 55.6 Å². The van der Waals surface area contributed by atoms with E-state index in [4.69, 9.17) is 10.5 Å². The van der Waals surface area contributed by atoms with E-state index in [1.54, 1.807) is 4.90 Å². The van der Waals surface area contributed by atoms with Crippen LogP contribution >= 0.6 is 0 Å². The third-order valence-electron chi connectivity index (χ3n) is 5.31. The maximum atomic E-state index is 13.3. The molecule has 2 N–H and O–H groups in total. The second-order valence-corrected chi connectivity index (χ2v) is 6.87. The highest BCUT2D eigenvalue weighted by Crippen LogP contribution is 2.42. The SMILES string of the molecule is NC1[C@H](C2CCC(F)(F)CC2)CCN1C(=O)OCc1ccccc1. The van der Waals surface area contributed by atoms with Gasteiger partial charge in [0.2, 0.25) is 5.92 Å². The first-order valence-corrected chi connectivity index (χ1v) is 8.57. The number of rotatable bonds is 3. The summed E-state index contributed by atoms with van der Waals surface area (Å²) in [5, 5.41) is 0. The molecule has 2 atom stereocenters. The van der Waals surface area contributed by atoms with Crippen LogP contribution in [-0.2, 0) is 11.3 Å². The Kier molecular flexibility index (Phi) is 5.04. The fraction of sp³-hybridized carbons (Fsp3) is 0.611. The highest BCUT2D eigenvalue weighted by Gasteiger charge is 2.44. The molecular formula is C18H24F2N2O2. The normalized spacial score (nSPS) is 27.2. The Morgan fingerprint density at radius 2 is 1.88 bits per heavy atom. The van der Waals surface area contributed by atoms with Crippen molar-refractivity contribution in [2.75, 3.05) is 6.54 Å². The molecule has 3 rings (SSSR count). The molecule has 0 aromatic heterocycles. The van der Waals surface area contributed by atoms with Crippen LogP contribution in [0.5, 0.6) is 0 Å². The Bertz CT molecular complexity index is 557. The first-order chi connectivity index (χ1) is 11.5. The fourth-order valence-corrected chi connectivity index (χ4v) is 3.86. The zero-order valence-electron chi connectivity index (χ0n) is 13.7. The molecule has 4 nitrogen and oxygen atoms in total. The molecule has 2 aliphatic rings. The van der Waals surface area contributed by atoms with Gasteiger partial charge in [0, 0.05) is 19.4 Å². The van der Waals surface area contributed by atoms with Crippen LogP contribution in [0.3, 0.4) is 0 Å². The van der Waals surface area contributed by atoms with Gasteiger partial charge in [0.25, 0.3) is 0 Å². The Labute approximate surface area is 141 Å². The van der Waals surface area contributed by atoms with Gasteiger partial charge in [-0.1, -0.05) is 30.3 Å². The minimum atomic E-state index is -2.53. The van der Waals surface area contributed by atoms with Crippen molar-refractivity contribution in [1.82, 2.24) is 4.90 Å². The van der Waals surface area contributed by atoms with Crippen molar-refractivity contribution < 1.29 is 18.3 Å². The van der Waals surface area contributed by atoms with Gasteiger partial charge in [0.15, 0.2) is 0 Å². The van der Waals surface area contributed by atoms with E-state index in [0.29, 0.717) is 19.4 Å². The van der Waals surface area contributed by atoms with Gasteiger partial charge in [0.1, 0.15) is 6.61 Å². The summed E-state index contributed by atoms with van der Waals surface area (Å²) in [5.74, 6) is -2.27. The number of amides is 1. The molecule has 1 aromatic rings. The predicted octanol–water partition coefficient (Wildman–Crippen LogP) is 3.76. The molecular weight excluding hydrogens is 314 g/mol. The van der Waals surface area contributed by atoms with Crippen LogP contribution < -0.4 is 5.73 Å². The van der Waals surface area contributed by atoms with E-state index < -0.39 is 18.2 Å². The highest BCUT2D eigenvalue weighted by atomic mass is 19.3. The molecule has 1 saturated heterocycles. The molecule has 1 aliphatic heterocycles. The number of alkyl halides is 2. The average Bonchev–Trinajstić information content (AvgIpc) is 2.95. The van der Waals surface area contributed by atoms with Crippen LogP contribution in [0.15, 0.2) is 30.3 Å². The second-order valence-electron chi connectivity index (χ2n) is 6.87. The van der Waals surface area contributed by atoms with E-state index in [1.165, 1.54) is 0 Å². The number of ether oxygens (including phenoxy) is 1. The predicted molar refractivity (Wildman–Crippen MR) is 86.3 cm³/mol. The summed E-state index contributed by atoms with van der Waals surface area (Å²) >= 11 is 0. The second kappa shape index (κ2) is 7.05. The standard InChI is InChI=1S/C18H24F2N2O2/c19-18(20)9-6-14(7-10-18)15-8-11-22(16(15)21)17(23)24-12-13-4-2-1-3-5-13/h1-5,14-16H,6-12,21H2/t15-,16?/m0/s1. The first-order valence-electron chi connectivity index (χ1n) is 8.57. The van der Waals surface area contributed by atoms with E-state index in [9.17, 15) is 13.6 Å². The van der Waals surface area contributed by atoms with Crippen molar-refractivity contribution in [3.8, 4) is 0 Å². The number of halogens is 2. The summed E-state index contributed by atoms with van der Waals surface area (Å²) in [5.41, 5.74) is 7.15. The molecule has 1 unspecified atom stereocenters. The lowest BCUT2D eigenvalue weighted by Gasteiger charge is -2.34. The van der Waals surface area contributed by atoms with Crippen molar-refractivity contribution in [3.63, 3.8) is 0 Å². The van der Waals surface area contributed by atoms with Gasteiger partial charge in [-0.25, -0.2) is 13.6 Å². The Morgan fingerprint density at radius 3 is 2.54 bits per heavy atom. The Morgan fingerprint density at radius 1 is 1.21 bits per heavy atom. The molecule has 1 aliphatic carbocycles. The van der Waals surface area contributed by atoms with Crippen molar-refractivity contribution >= 4 is 6.09 Å². The average molecular weight is 338 g/mol. The lowest BCUT2D eigenvalue weighted by Crippen LogP contribution is -2.46. The summed E-state index contributed by atoms with van der Waals surface area (Å²) < 4.78 is 32.0. The van der Waals surface area contributed by atoms with Gasteiger partial charge >= 0.3 is 6.09 Å². The van der Waals surface area contributed by atoms with E-state index in [2.05, 4.69) is 0 Å². The third-order valence-corrected chi connectivity index (χ3v) is 5.31. The van der Waals surface area contributed by atoms with Gasteiger partial charge in [-0.15, -0.1) is 0 Å². The number of hydrogen-bond donors (Lipinski definition) is 1. The van der Waals surface area contributed by atoms with Gasteiger partial charge in [-0.3, -0.25) is 4.90 Å². The lowest BCUT2D eigenvalue weighted by molar-refractivity contribution is -0.0539. The number of carbonyl (C=O) groups excluding carboxylic acids is 1. The van der Waals surface area contributed by atoms with Gasteiger partial charge in [-0.05, 0) is 36.7 Å². The molecule has 1 aromatic carbocycles. The zero-order chi connectivity index (χ0) is 17.2. The molecule has 24 heavy (non-hydrogen) atoms. The van der Waals surface area contributed by atoms with Crippen LogP contribution in [0.2, 0.25) is 0 Å². The van der Waals surface area contributed by atoms with Crippen LogP contribution in [-0.4, -0.2) is 29.6 Å². The first kappa shape index (κ1) is 17.1. The monoisotopic (exact) mass is 338 g/mol. The summed E-state index contributed by atoms with van der Waals surface area (Å²) in [4.78, 5) is 13.8. The minimum absolute atomic E-state index is 0.0701. The summed E-state index contributed by atoms with van der Waals surface area (Å²) in [6.45, 7) is 0.746. The summed E-state index contributed by atoms with van der Waals surface area (Å²) in [6.07, 6.45) is 0.729. The van der Waals surface area contributed by atoms with Crippen LogP contribution in [0.25, 0.3) is 0 Å². The fourth-order valence-electron chi connectivity index (χ4n) is 3.86. The quantitative estimate of drug-likeness (QED) is 0.913. The number of likely N-dealkylation sites (tertiary alicyclic amines) is 1. The van der Waals surface area contributed by atoms with Crippen LogP contribution in [0.4, 0.5) is 13.6 Å². The number of hydrogen-bond acceptors (Lipinski definition) is 3. The molecule has 1 amide bonds. The van der Waals surface area contributed by atoms with E-state index in [0.717, 1.165) is 12.0 Å². The van der Waals surface area contributed by atoms with Gasteiger partial charge in [0.05, 0.1) is 6.17 Å². The summed E-state index contributed by atoms with van der Waals surface area (Å²) in [6, 6.07) is 9.46. The molecule has 132 valence electrons. The van der Waals surface area contributed by atoms with Crippen molar-refractivity contribution in [2.45, 2.75) is 50.8 Å². The highest BCUT2D eigenvalue weighted by molar-refractivity contribution is 5.68. The number of nitrogens with zero attached hydrogens (tertiary/aromatic N) is 1. The maximum Gasteiger partial charge on any atom is 0.411 e. The minimum Gasteiger partial charge on any atom is -0.445 e. The van der Waals surface area contributed by atoms with Crippen molar-refractivity contribution in [3.05, 3.63) is 35.9 Å². The molecule has 0 radical (unpaired) electrons. The third kappa shape index (κ3) is 3.86. The zero-order valence-corrected chi connectivity index (χ0v) is 13.7. The van der Waals surface area contributed by atoms with Crippen LogP contribution in [0, 0.1) is 11.8 Å². The van der Waals surface area contributed by atoms with Gasteiger partial charge in [-0.2, -0.15) is 0 Å². The molecule has 0 spiro atoms. The van der Waals surface area contributed by atoms with E-state index >= 15 is 0 Å².